The van der Waals surface area contributed by atoms with Crippen LogP contribution in [0.25, 0.3) is 0 Å². The fraction of sp³-hybridized carbons (Fsp3) is 0.435. The van der Waals surface area contributed by atoms with E-state index in [0.717, 1.165) is 11.1 Å². The fourth-order valence-electron chi connectivity index (χ4n) is 3.56. The Labute approximate surface area is 176 Å². The number of carbonyl (C=O) groups excluding carboxylic acids is 3. The number of esters is 1. The number of Topliss-reactive ketones (excluding diaryl/α,β-unsaturated/α-hetero) is 1. The lowest BCUT2D eigenvalue weighted by molar-refractivity contribution is -0.136. The molecule has 0 spiro atoms. The van der Waals surface area contributed by atoms with Crippen LogP contribution < -0.4 is 5.32 Å². The summed E-state index contributed by atoms with van der Waals surface area (Å²) in [5.74, 6) is -2.31. The van der Waals surface area contributed by atoms with Crippen LogP contribution in [0, 0.1) is 5.92 Å². The van der Waals surface area contributed by atoms with Gasteiger partial charge in [0.1, 0.15) is 12.0 Å². The maximum absolute atomic E-state index is 12.7. The number of allylic oxidation sites excluding steroid dienone is 8. The Morgan fingerprint density at radius 2 is 1.93 bits per heavy atom. The van der Waals surface area contributed by atoms with Crippen molar-refractivity contribution < 1.29 is 29.0 Å². The Morgan fingerprint density at radius 1 is 1.23 bits per heavy atom. The summed E-state index contributed by atoms with van der Waals surface area (Å²) >= 11 is 0. The van der Waals surface area contributed by atoms with Crippen LogP contribution in [0.1, 0.15) is 34.1 Å². The van der Waals surface area contributed by atoms with Crippen LogP contribution in [0.5, 0.6) is 0 Å². The second kappa shape index (κ2) is 9.82. The summed E-state index contributed by atoms with van der Waals surface area (Å²) in [6, 6.07) is 0. The SMILES string of the molecule is C/C=C(/C=C(C)/C=C(C)/C=C/C=C(\C)C(=O)[C@H]1C(=O)N[C@]2(O)CCOC12)C(=O)OC. The molecule has 2 heterocycles. The molecule has 0 aromatic heterocycles. The number of aliphatic hydroxyl groups is 1. The number of nitrogens with one attached hydrogen (secondary N) is 1. The largest absolute Gasteiger partial charge is 0.465 e. The van der Waals surface area contributed by atoms with Crippen LogP contribution in [0.3, 0.4) is 0 Å². The minimum atomic E-state index is -1.45. The average Bonchev–Trinajstić information content (AvgIpc) is 3.16. The summed E-state index contributed by atoms with van der Waals surface area (Å²) in [5, 5.41) is 12.9. The van der Waals surface area contributed by atoms with Gasteiger partial charge in [0.15, 0.2) is 11.5 Å². The molecule has 0 saturated carbocycles. The van der Waals surface area contributed by atoms with Crippen molar-refractivity contribution in [2.24, 2.45) is 5.92 Å². The van der Waals surface area contributed by atoms with E-state index in [4.69, 9.17) is 9.47 Å². The Morgan fingerprint density at radius 3 is 2.57 bits per heavy atom. The number of ketones is 1. The number of fused-ring (bicyclic) bond motifs is 1. The molecule has 2 N–H and O–H groups in total. The van der Waals surface area contributed by atoms with Crippen molar-refractivity contribution in [2.45, 2.75) is 45.9 Å². The molecule has 2 aliphatic rings. The number of amides is 1. The highest BCUT2D eigenvalue weighted by atomic mass is 16.5. The van der Waals surface area contributed by atoms with E-state index in [0.29, 0.717) is 17.8 Å². The maximum Gasteiger partial charge on any atom is 0.337 e. The molecule has 0 bridgehead atoms. The van der Waals surface area contributed by atoms with Crippen LogP contribution in [-0.2, 0) is 23.9 Å². The van der Waals surface area contributed by atoms with E-state index < -0.39 is 29.6 Å². The van der Waals surface area contributed by atoms with E-state index in [1.165, 1.54) is 7.11 Å². The molecular weight excluding hydrogens is 386 g/mol. The van der Waals surface area contributed by atoms with Crippen LogP contribution in [0.2, 0.25) is 0 Å². The molecular formula is C23H29NO6. The number of carbonyl (C=O) groups is 3. The van der Waals surface area contributed by atoms with Crippen LogP contribution in [0.15, 0.2) is 58.7 Å². The van der Waals surface area contributed by atoms with Crippen LogP contribution in [0.4, 0.5) is 0 Å². The van der Waals surface area contributed by atoms with Gasteiger partial charge in [-0.25, -0.2) is 4.79 Å². The van der Waals surface area contributed by atoms with Crippen molar-refractivity contribution in [1.29, 1.82) is 0 Å². The normalized spacial score (nSPS) is 28.0. The molecule has 2 rings (SSSR count). The third-order valence-corrected chi connectivity index (χ3v) is 5.12. The van der Waals surface area contributed by atoms with E-state index in [1.807, 2.05) is 26.0 Å². The molecule has 162 valence electrons. The second-order valence-corrected chi connectivity index (χ2v) is 7.52. The van der Waals surface area contributed by atoms with Gasteiger partial charge in [-0.3, -0.25) is 9.59 Å². The highest BCUT2D eigenvalue weighted by Gasteiger charge is 2.58. The average molecular weight is 415 g/mol. The summed E-state index contributed by atoms with van der Waals surface area (Å²) in [7, 11) is 1.34. The van der Waals surface area contributed by atoms with E-state index in [2.05, 4.69) is 5.32 Å². The standard InChI is InChI=1S/C23H29NO6/c1-6-17(22(27)29-5)13-15(3)12-14(2)8-7-9-16(4)19(25)18-20-23(28,10-11-30-20)24-21(18)26/h6-9,12-13,18,20,28H,10-11H2,1-5H3,(H,24,26)/b8-7+,14-12+,15-13+,16-9+,17-6-/t18-,20?,23+/m1/s1. The number of ether oxygens (including phenoxy) is 2. The van der Waals surface area contributed by atoms with Crippen molar-refractivity contribution in [1.82, 2.24) is 5.32 Å². The van der Waals surface area contributed by atoms with Gasteiger partial charge in [-0.2, -0.15) is 0 Å². The van der Waals surface area contributed by atoms with Gasteiger partial charge in [-0.05, 0) is 39.3 Å². The fourth-order valence-corrected chi connectivity index (χ4v) is 3.56. The summed E-state index contributed by atoms with van der Waals surface area (Å²) in [6.45, 7) is 7.46. The molecule has 2 fully saturated rings. The highest BCUT2D eigenvalue weighted by Crippen LogP contribution is 2.36. The topological polar surface area (TPSA) is 102 Å². The number of hydrogen-bond acceptors (Lipinski definition) is 6. The van der Waals surface area contributed by atoms with Gasteiger partial charge in [-0.1, -0.05) is 41.5 Å². The van der Waals surface area contributed by atoms with Gasteiger partial charge < -0.3 is 19.9 Å². The van der Waals surface area contributed by atoms with Crippen molar-refractivity contribution in [2.75, 3.05) is 13.7 Å². The van der Waals surface area contributed by atoms with Gasteiger partial charge in [0.2, 0.25) is 5.91 Å². The zero-order valence-corrected chi connectivity index (χ0v) is 18.0. The van der Waals surface area contributed by atoms with Crippen molar-refractivity contribution in [3.05, 3.63) is 58.7 Å². The van der Waals surface area contributed by atoms with Crippen molar-refractivity contribution in [3.63, 3.8) is 0 Å². The van der Waals surface area contributed by atoms with E-state index in [9.17, 15) is 19.5 Å². The van der Waals surface area contributed by atoms with Crippen molar-refractivity contribution >= 4 is 17.7 Å². The molecule has 7 heteroatoms. The Balaban J connectivity index is 2.07. The van der Waals surface area contributed by atoms with Crippen LogP contribution in [-0.4, -0.2) is 48.3 Å². The van der Waals surface area contributed by atoms with Gasteiger partial charge in [0.05, 0.1) is 19.3 Å². The van der Waals surface area contributed by atoms with Gasteiger partial charge in [0, 0.05) is 6.42 Å². The number of hydrogen-bond donors (Lipinski definition) is 2. The first-order valence-corrected chi connectivity index (χ1v) is 9.79. The number of rotatable bonds is 7. The van der Waals surface area contributed by atoms with Crippen molar-refractivity contribution in [3.8, 4) is 0 Å². The molecule has 1 unspecified atom stereocenters. The summed E-state index contributed by atoms with van der Waals surface area (Å²) in [6.07, 6.45) is 9.90. The lowest BCUT2D eigenvalue weighted by Crippen LogP contribution is -2.45. The maximum atomic E-state index is 12.7. The van der Waals surface area contributed by atoms with Gasteiger partial charge in [0.25, 0.3) is 0 Å². The molecule has 0 aromatic rings. The molecule has 0 radical (unpaired) electrons. The zero-order chi connectivity index (χ0) is 22.5. The summed E-state index contributed by atoms with van der Waals surface area (Å²) < 4.78 is 10.2. The Bertz CT molecular complexity index is 876. The Hall–Kier alpha value is -2.77. The monoisotopic (exact) mass is 415 g/mol. The van der Waals surface area contributed by atoms with Gasteiger partial charge in [-0.15, -0.1) is 0 Å². The predicted molar refractivity (Wildman–Crippen MR) is 112 cm³/mol. The first kappa shape index (κ1) is 23.5. The molecule has 0 aromatic carbocycles. The third-order valence-electron chi connectivity index (χ3n) is 5.12. The minimum Gasteiger partial charge on any atom is -0.465 e. The minimum absolute atomic E-state index is 0.275. The smallest absolute Gasteiger partial charge is 0.337 e. The quantitative estimate of drug-likeness (QED) is 0.286. The first-order chi connectivity index (χ1) is 14.1. The molecule has 1 amide bonds. The molecule has 0 aliphatic carbocycles. The highest BCUT2D eigenvalue weighted by molar-refractivity contribution is 6.11. The molecule has 30 heavy (non-hydrogen) atoms. The predicted octanol–water partition coefficient (Wildman–Crippen LogP) is 2.29. The second-order valence-electron chi connectivity index (χ2n) is 7.52. The van der Waals surface area contributed by atoms with Gasteiger partial charge >= 0.3 is 5.97 Å². The van der Waals surface area contributed by atoms with E-state index >= 15 is 0 Å². The lowest BCUT2D eigenvalue weighted by atomic mass is 9.91. The first-order valence-electron chi connectivity index (χ1n) is 9.79. The van der Waals surface area contributed by atoms with E-state index in [1.54, 1.807) is 38.2 Å². The van der Waals surface area contributed by atoms with Crippen LogP contribution >= 0.6 is 0 Å². The third kappa shape index (κ3) is 5.23. The number of methoxy groups -OCH3 is 1. The molecule has 7 nitrogen and oxygen atoms in total. The Kier molecular flexibility index (Phi) is 7.70. The zero-order valence-electron chi connectivity index (χ0n) is 18.0. The molecule has 2 saturated heterocycles. The summed E-state index contributed by atoms with van der Waals surface area (Å²) in [5.41, 5.74) is 1.19. The molecule has 3 atom stereocenters. The summed E-state index contributed by atoms with van der Waals surface area (Å²) in [4.78, 5) is 36.5. The molecule has 2 aliphatic heterocycles. The lowest BCUT2D eigenvalue weighted by Gasteiger charge is -2.21. The van der Waals surface area contributed by atoms with E-state index in [-0.39, 0.29) is 12.2 Å².